The fraction of sp³-hybridized carbons (Fsp3) is 0.357. The van der Waals surface area contributed by atoms with E-state index in [9.17, 15) is 0 Å². The van der Waals surface area contributed by atoms with E-state index in [1.807, 2.05) is 24.3 Å². The molecular weight excluding hydrogens is 316 g/mol. The van der Waals surface area contributed by atoms with E-state index in [-0.39, 0.29) is 23.7 Å². The summed E-state index contributed by atoms with van der Waals surface area (Å²) >= 11 is 0. The summed E-state index contributed by atoms with van der Waals surface area (Å²) in [5, 5.41) is 0. The molecule has 0 saturated heterocycles. The molecule has 1 aromatic rings. The van der Waals surface area contributed by atoms with Gasteiger partial charge in [0, 0.05) is 44.3 Å². The molecule has 0 aliphatic carbocycles. The molecule has 0 atom stereocenters. The Morgan fingerprint density at radius 3 is 1.71 bits per heavy atom. The molecule has 6 nitrogen and oxygen atoms in total. The Bertz CT molecular complexity index is 370. The zero-order valence-electron chi connectivity index (χ0n) is 12.0. The molecule has 0 heterocycles. The Morgan fingerprint density at radius 2 is 1.33 bits per heavy atom. The van der Waals surface area contributed by atoms with Gasteiger partial charge >= 0.3 is 33.9 Å². The van der Waals surface area contributed by atoms with Crippen LogP contribution >= 0.6 is 0 Å². The van der Waals surface area contributed by atoms with Crippen molar-refractivity contribution in [2.75, 3.05) is 21.3 Å². The van der Waals surface area contributed by atoms with Crippen LogP contribution in [0.3, 0.4) is 0 Å². The first-order chi connectivity index (χ1) is 9.83. The minimum atomic E-state index is -0.318. The molecule has 7 heteroatoms. The molecular formula is C14H16CrO6. The van der Waals surface area contributed by atoms with E-state index in [0.29, 0.717) is 6.61 Å². The van der Waals surface area contributed by atoms with Gasteiger partial charge in [0.15, 0.2) is 6.29 Å². The van der Waals surface area contributed by atoms with Gasteiger partial charge in [0.2, 0.25) is 0 Å². The molecule has 0 aromatic heterocycles. The maximum atomic E-state index is 7.50. The molecule has 21 heavy (non-hydrogen) atoms. The summed E-state index contributed by atoms with van der Waals surface area (Å²) in [4.78, 5) is 0. The van der Waals surface area contributed by atoms with Crippen molar-refractivity contribution in [1.82, 2.24) is 0 Å². The monoisotopic (exact) mass is 332 g/mol. The Morgan fingerprint density at radius 1 is 0.905 bits per heavy atom. The fourth-order valence-electron chi connectivity index (χ4n) is 1.40. The average molecular weight is 332 g/mol. The third-order valence-electron chi connectivity index (χ3n) is 2.04. The molecule has 0 saturated carbocycles. The molecule has 0 aliphatic rings. The summed E-state index contributed by atoms with van der Waals surface area (Å²) < 4.78 is 38.0. The Kier molecular flexibility index (Phi) is 32.0. The average Bonchev–Trinajstić information content (AvgIpc) is 2.56. The molecule has 0 aliphatic heterocycles. The van der Waals surface area contributed by atoms with E-state index < -0.39 is 0 Å². The van der Waals surface area contributed by atoms with Gasteiger partial charge in [-0.2, -0.15) is 0 Å². The van der Waals surface area contributed by atoms with Gasteiger partial charge < -0.3 is 14.2 Å². The van der Waals surface area contributed by atoms with Crippen molar-refractivity contribution in [3.05, 3.63) is 55.3 Å². The number of benzene rings is 1. The molecule has 0 fully saturated rings. The van der Waals surface area contributed by atoms with Gasteiger partial charge in [-0.1, -0.05) is 24.3 Å². The van der Waals surface area contributed by atoms with Crippen LogP contribution in [0.4, 0.5) is 0 Å². The first kappa shape index (κ1) is 28.1. The van der Waals surface area contributed by atoms with Crippen molar-refractivity contribution in [2.45, 2.75) is 12.9 Å². The van der Waals surface area contributed by atoms with Crippen LogP contribution < -0.4 is 0 Å². The van der Waals surface area contributed by atoms with Gasteiger partial charge in [-0.3, -0.25) is 0 Å². The first-order valence-electron chi connectivity index (χ1n) is 5.07. The first-order valence-corrected chi connectivity index (χ1v) is 5.07. The molecule has 1 rings (SSSR count). The second kappa shape index (κ2) is 23.9. The summed E-state index contributed by atoms with van der Waals surface area (Å²) in [6.45, 7) is 14.1. The largest absolute Gasteiger partial charge is 0 e. The predicted molar refractivity (Wildman–Crippen MR) is 65.7 cm³/mol. The molecule has 0 amide bonds. The maximum absolute atomic E-state index is 7.50. The molecule has 0 unspecified atom stereocenters. The van der Waals surface area contributed by atoms with E-state index in [4.69, 9.17) is 28.2 Å². The van der Waals surface area contributed by atoms with Crippen LogP contribution in [-0.2, 0) is 52.1 Å². The quantitative estimate of drug-likeness (QED) is 0.469. The van der Waals surface area contributed by atoms with E-state index in [1.54, 1.807) is 21.3 Å². The van der Waals surface area contributed by atoms with Gasteiger partial charge in [-0.15, -0.1) is 0 Å². The second-order valence-electron chi connectivity index (χ2n) is 2.94. The van der Waals surface area contributed by atoms with Gasteiger partial charge in [0.1, 0.15) is 0 Å². The van der Waals surface area contributed by atoms with E-state index in [1.165, 1.54) is 0 Å². The van der Waals surface area contributed by atoms with Crippen LogP contribution in [0, 0.1) is 20.0 Å². The van der Waals surface area contributed by atoms with Crippen molar-refractivity contribution in [1.29, 1.82) is 0 Å². The van der Waals surface area contributed by atoms with Crippen LogP contribution in [0.5, 0.6) is 0 Å². The number of hydrogen-bond donors (Lipinski definition) is 0. The summed E-state index contributed by atoms with van der Waals surface area (Å²) in [5.41, 5.74) is 2.10. The van der Waals surface area contributed by atoms with E-state index in [2.05, 4.69) is 20.0 Å². The SMILES string of the molecule is COCc1ccccc1C(OC)OC.[C-]#[O+].[C-]#[O+].[C-]#[O+].[Cr]. The van der Waals surface area contributed by atoms with Gasteiger partial charge in [-0.25, -0.2) is 0 Å². The van der Waals surface area contributed by atoms with Crippen molar-refractivity contribution in [2.24, 2.45) is 0 Å². The summed E-state index contributed by atoms with van der Waals surface area (Å²) in [6.07, 6.45) is -0.318. The van der Waals surface area contributed by atoms with Crippen molar-refractivity contribution >= 4 is 0 Å². The van der Waals surface area contributed by atoms with Crippen LogP contribution in [0.1, 0.15) is 17.4 Å². The standard InChI is InChI=1S/C11H16O3.3CO.Cr/c1-12-8-9-6-4-5-7-10(9)11(13-2)14-3;3*1-2;/h4-7,11H,8H2,1-3H3;;;;. The van der Waals surface area contributed by atoms with Crippen LogP contribution in [-0.4, -0.2) is 21.3 Å². The molecule has 1 aromatic carbocycles. The normalized spacial score (nSPS) is 7.52. The van der Waals surface area contributed by atoms with Gasteiger partial charge in [0.05, 0.1) is 6.61 Å². The number of hydrogen-bond acceptors (Lipinski definition) is 3. The van der Waals surface area contributed by atoms with Crippen LogP contribution in [0.15, 0.2) is 24.3 Å². The van der Waals surface area contributed by atoms with Crippen molar-refractivity contribution in [3.8, 4) is 0 Å². The molecule has 114 valence electrons. The topological polar surface area (TPSA) is 87.4 Å². The molecule has 0 spiro atoms. The molecule has 0 N–H and O–H groups in total. The third-order valence-corrected chi connectivity index (χ3v) is 2.04. The van der Waals surface area contributed by atoms with Crippen molar-refractivity contribution in [3.63, 3.8) is 0 Å². The minimum Gasteiger partial charge on any atom is 0 e. The van der Waals surface area contributed by atoms with Crippen molar-refractivity contribution < 1.29 is 45.5 Å². The predicted octanol–water partition coefficient (Wildman–Crippen LogP) is 2.01. The fourth-order valence-corrected chi connectivity index (χ4v) is 1.40. The minimum absolute atomic E-state index is 0. The Hall–Kier alpha value is -1.15. The van der Waals surface area contributed by atoms with Crippen LogP contribution in [0.2, 0.25) is 0 Å². The van der Waals surface area contributed by atoms with Gasteiger partial charge in [0.25, 0.3) is 0 Å². The number of rotatable bonds is 5. The zero-order chi connectivity index (χ0) is 16.4. The maximum Gasteiger partial charge on any atom is 0 e. The summed E-state index contributed by atoms with van der Waals surface area (Å²) in [6, 6.07) is 7.91. The van der Waals surface area contributed by atoms with Crippen LogP contribution in [0.25, 0.3) is 0 Å². The molecule has 0 radical (unpaired) electrons. The second-order valence-corrected chi connectivity index (χ2v) is 2.94. The van der Waals surface area contributed by atoms with Gasteiger partial charge in [-0.05, 0) is 5.56 Å². The summed E-state index contributed by atoms with van der Waals surface area (Å²) in [5.74, 6) is 0. The van der Waals surface area contributed by atoms with E-state index in [0.717, 1.165) is 11.1 Å². The third kappa shape index (κ3) is 12.3. The number of methoxy groups -OCH3 is 3. The summed E-state index contributed by atoms with van der Waals surface area (Å²) in [7, 11) is 4.92. The smallest absolute Gasteiger partial charge is 0 e. The zero-order valence-corrected chi connectivity index (χ0v) is 13.2. The number of ether oxygens (including phenoxy) is 3. The van der Waals surface area contributed by atoms with E-state index >= 15 is 0 Å². The Labute approximate surface area is 135 Å². The molecule has 0 bridgehead atoms. The Balaban J connectivity index is -0.000000183.